The third-order valence-corrected chi connectivity index (χ3v) is 5.03. The molecule has 4 nitrogen and oxygen atoms in total. The van der Waals surface area contributed by atoms with E-state index in [1.807, 2.05) is 0 Å². The van der Waals surface area contributed by atoms with Gasteiger partial charge in [0.05, 0.1) is 11.1 Å². The summed E-state index contributed by atoms with van der Waals surface area (Å²) in [6.07, 6.45) is -9.57. The van der Waals surface area contributed by atoms with Crippen molar-refractivity contribution in [2.75, 3.05) is 18.4 Å². The van der Waals surface area contributed by atoms with E-state index in [1.54, 1.807) is 30.3 Å². The number of likely N-dealkylation sites (tertiary alicyclic amines) is 1. The van der Waals surface area contributed by atoms with Gasteiger partial charge >= 0.3 is 12.4 Å². The number of rotatable bonds is 3. The van der Waals surface area contributed by atoms with Crippen LogP contribution in [0.2, 0.25) is 0 Å². The molecule has 0 bridgehead atoms. The van der Waals surface area contributed by atoms with Crippen molar-refractivity contribution < 1.29 is 35.9 Å². The van der Waals surface area contributed by atoms with Crippen molar-refractivity contribution >= 4 is 17.5 Å². The Labute approximate surface area is 173 Å². The zero-order valence-electron chi connectivity index (χ0n) is 16.1. The number of carbonyl (C=O) groups is 2. The number of anilines is 1. The number of nitrogens with one attached hydrogen (secondary N) is 1. The maximum absolute atomic E-state index is 13.0. The Bertz CT molecular complexity index is 916. The number of hydrogen-bond donors (Lipinski definition) is 1. The first-order valence-corrected chi connectivity index (χ1v) is 9.40. The number of carbonyl (C=O) groups excluding carboxylic acids is 2. The molecule has 2 aromatic rings. The Kier molecular flexibility index (Phi) is 6.28. The van der Waals surface area contributed by atoms with E-state index in [0.717, 1.165) is 0 Å². The molecule has 0 atom stereocenters. The number of benzene rings is 2. The molecule has 0 spiro atoms. The molecule has 166 valence electrons. The van der Waals surface area contributed by atoms with Crippen molar-refractivity contribution in [3.8, 4) is 0 Å². The monoisotopic (exact) mass is 444 g/mol. The van der Waals surface area contributed by atoms with Gasteiger partial charge in [-0.2, -0.15) is 26.3 Å². The summed E-state index contributed by atoms with van der Waals surface area (Å²) in [6, 6.07) is 9.54. The molecule has 31 heavy (non-hydrogen) atoms. The highest BCUT2D eigenvalue weighted by molar-refractivity contribution is 5.95. The summed E-state index contributed by atoms with van der Waals surface area (Å²) >= 11 is 0. The summed E-state index contributed by atoms with van der Waals surface area (Å²) in [5.41, 5.74) is -3.16. The van der Waals surface area contributed by atoms with Crippen LogP contribution in [0.1, 0.15) is 34.3 Å². The fourth-order valence-corrected chi connectivity index (χ4v) is 3.37. The molecule has 2 aromatic carbocycles. The number of hydrogen-bond acceptors (Lipinski definition) is 2. The molecule has 1 heterocycles. The van der Waals surface area contributed by atoms with E-state index in [-0.39, 0.29) is 37.9 Å². The number of piperidine rings is 1. The number of alkyl halides is 6. The van der Waals surface area contributed by atoms with Gasteiger partial charge in [0.2, 0.25) is 5.91 Å². The van der Waals surface area contributed by atoms with E-state index in [0.29, 0.717) is 17.8 Å². The Morgan fingerprint density at radius 2 is 1.35 bits per heavy atom. The molecule has 10 heteroatoms. The molecule has 0 aliphatic carbocycles. The Morgan fingerprint density at radius 3 is 1.84 bits per heavy atom. The maximum atomic E-state index is 13.0. The lowest BCUT2D eigenvalue weighted by Crippen LogP contribution is -2.41. The second-order valence-corrected chi connectivity index (χ2v) is 7.22. The average Bonchev–Trinajstić information content (AvgIpc) is 2.72. The predicted molar refractivity (Wildman–Crippen MR) is 100 cm³/mol. The maximum Gasteiger partial charge on any atom is 0.416 e. The minimum atomic E-state index is -5.03. The number of halogens is 6. The fraction of sp³-hybridized carbons (Fsp3) is 0.333. The van der Waals surface area contributed by atoms with Crippen molar-refractivity contribution in [2.45, 2.75) is 25.2 Å². The highest BCUT2D eigenvalue weighted by Crippen LogP contribution is 2.36. The minimum Gasteiger partial charge on any atom is -0.339 e. The third kappa shape index (κ3) is 5.56. The normalized spacial score (nSPS) is 15.6. The first-order chi connectivity index (χ1) is 14.4. The van der Waals surface area contributed by atoms with Crippen LogP contribution in [-0.2, 0) is 17.1 Å². The van der Waals surface area contributed by atoms with Crippen LogP contribution >= 0.6 is 0 Å². The second kappa shape index (κ2) is 8.60. The molecular formula is C21H18F6N2O2. The Morgan fingerprint density at radius 1 is 0.839 bits per heavy atom. The first-order valence-electron chi connectivity index (χ1n) is 9.40. The van der Waals surface area contributed by atoms with Crippen LogP contribution in [0.4, 0.5) is 32.0 Å². The predicted octanol–water partition coefficient (Wildman–Crippen LogP) is 5.22. The molecular weight excluding hydrogens is 426 g/mol. The lowest BCUT2D eigenvalue weighted by atomic mass is 9.95. The van der Waals surface area contributed by atoms with Crippen LogP contribution in [0, 0.1) is 5.92 Å². The number of para-hydroxylation sites is 1. The van der Waals surface area contributed by atoms with Crippen molar-refractivity contribution in [1.82, 2.24) is 4.90 Å². The van der Waals surface area contributed by atoms with Gasteiger partial charge < -0.3 is 10.2 Å². The van der Waals surface area contributed by atoms with Crippen LogP contribution in [0.3, 0.4) is 0 Å². The van der Waals surface area contributed by atoms with Gasteiger partial charge in [-0.05, 0) is 43.2 Å². The molecule has 0 unspecified atom stereocenters. The number of amides is 2. The summed E-state index contributed by atoms with van der Waals surface area (Å²) < 4.78 is 78.1. The second-order valence-electron chi connectivity index (χ2n) is 7.22. The molecule has 0 saturated carbocycles. The van der Waals surface area contributed by atoms with Crippen molar-refractivity contribution in [3.63, 3.8) is 0 Å². The van der Waals surface area contributed by atoms with Gasteiger partial charge in [0.15, 0.2) is 0 Å². The zero-order chi connectivity index (χ0) is 22.8. The molecule has 1 aliphatic heterocycles. The van der Waals surface area contributed by atoms with Gasteiger partial charge in [-0.3, -0.25) is 9.59 Å². The zero-order valence-corrected chi connectivity index (χ0v) is 16.1. The highest BCUT2D eigenvalue weighted by atomic mass is 19.4. The highest BCUT2D eigenvalue weighted by Gasteiger charge is 2.38. The van der Waals surface area contributed by atoms with Crippen molar-refractivity contribution in [1.29, 1.82) is 0 Å². The Hall–Kier alpha value is -3.04. The van der Waals surface area contributed by atoms with Crippen LogP contribution in [0.25, 0.3) is 0 Å². The van der Waals surface area contributed by atoms with E-state index in [9.17, 15) is 35.9 Å². The quantitative estimate of drug-likeness (QED) is 0.661. The van der Waals surface area contributed by atoms with Gasteiger partial charge in [-0.1, -0.05) is 18.2 Å². The topological polar surface area (TPSA) is 49.4 Å². The van der Waals surface area contributed by atoms with Gasteiger partial charge in [0, 0.05) is 30.3 Å². The lowest BCUT2D eigenvalue weighted by Gasteiger charge is -2.31. The molecule has 1 fully saturated rings. The standard InChI is InChI=1S/C21H18F6N2O2/c22-20(23,24)15-10-14(11-16(12-15)21(25,26)27)19(31)29-8-6-13(7-9-29)18(30)28-17-4-2-1-3-5-17/h1-5,10-13H,6-9H2,(H,28,30). The summed E-state index contributed by atoms with van der Waals surface area (Å²) in [7, 11) is 0. The Balaban J connectivity index is 1.71. The van der Waals surface area contributed by atoms with E-state index in [4.69, 9.17) is 0 Å². The van der Waals surface area contributed by atoms with E-state index >= 15 is 0 Å². The summed E-state index contributed by atoms with van der Waals surface area (Å²) in [6.45, 7) is 0.0899. The first kappa shape index (κ1) is 22.6. The summed E-state index contributed by atoms with van der Waals surface area (Å²) in [5, 5.41) is 2.74. The molecule has 1 N–H and O–H groups in total. The number of nitrogens with zero attached hydrogens (tertiary/aromatic N) is 1. The van der Waals surface area contributed by atoms with Gasteiger partial charge in [-0.15, -0.1) is 0 Å². The fourth-order valence-electron chi connectivity index (χ4n) is 3.37. The lowest BCUT2D eigenvalue weighted by molar-refractivity contribution is -0.143. The van der Waals surface area contributed by atoms with Crippen molar-refractivity contribution in [3.05, 3.63) is 65.2 Å². The van der Waals surface area contributed by atoms with Crippen molar-refractivity contribution in [2.24, 2.45) is 5.92 Å². The smallest absolute Gasteiger partial charge is 0.339 e. The summed E-state index contributed by atoms with van der Waals surface area (Å²) in [5.74, 6) is -1.60. The molecule has 1 aliphatic rings. The molecule has 0 radical (unpaired) electrons. The third-order valence-electron chi connectivity index (χ3n) is 5.03. The van der Waals surface area contributed by atoms with Crippen LogP contribution < -0.4 is 5.32 Å². The van der Waals surface area contributed by atoms with Gasteiger partial charge in [-0.25, -0.2) is 0 Å². The van der Waals surface area contributed by atoms with E-state index in [1.165, 1.54) is 4.90 Å². The molecule has 1 saturated heterocycles. The van der Waals surface area contributed by atoms with Gasteiger partial charge in [0.25, 0.3) is 5.91 Å². The van der Waals surface area contributed by atoms with E-state index in [2.05, 4.69) is 5.32 Å². The molecule has 0 aromatic heterocycles. The van der Waals surface area contributed by atoms with E-state index < -0.39 is 40.9 Å². The minimum absolute atomic E-state index is 0.0169. The van der Waals surface area contributed by atoms with Gasteiger partial charge in [0.1, 0.15) is 0 Å². The summed E-state index contributed by atoms with van der Waals surface area (Å²) in [4.78, 5) is 26.1. The largest absolute Gasteiger partial charge is 0.416 e. The average molecular weight is 444 g/mol. The van der Waals surface area contributed by atoms with Crippen LogP contribution in [0.5, 0.6) is 0 Å². The molecule has 3 rings (SSSR count). The van der Waals surface area contributed by atoms with Crippen LogP contribution in [0.15, 0.2) is 48.5 Å². The molecule has 2 amide bonds. The SMILES string of the molecule is O=C(Nc1ccccc1)C1CCN(C(=O)c2cc(C(F)(F)F)cc(C(F)(F)F)c2)CC1. The van der Waals surface area contributed by atoms with Crippen LogP contribution in [-0.4, -0.2) is 29.8 Å².